The molecule has 1 aliphatic rings. The van der Waals surface area contributed by atoms with Gasteiger partial charge in [0, 0.05) is 25.7 Å². The van der Waals surface area contributed by atoms with Gasteiger partial charge in [-0.05, 0) is 118 Å². The van der Waals surface area contributed by atoms with E-state index >= 15 is 0 Å². The summed E-state index contributed by atoms with van der Waals surface area (Å²) in [6, 6.07) is 54.7. The van der Waals surface area contributed by atoms with Gasteiger partial charge in [-0.1, -0.05) is 151 Å². The molecule has 0 saturated carbocycles. The monoisotopic (exact) mass is 954 g/mol. The summed E-state index contributed by atoms with van der Waals surface area (Å²) >= 11 is 21.5. The lowest BCUT2D eigenvalue weighted by atomic mass is 9.75. The predicted molar refractivity (Wildman–Crippen MR) is 282 cm³/mol. The molecule has 1 saturated heterocycles. The third-order valence-electron chi connectivity index (χ3n) is 12.7. The molecule has 5 heterocycles. The van der Waals surface area contributed by atoms with Crippen molar-refractivity contribution in [3.05, 3.63) is 173 Å². The molecule has 1 aliphatic heterocycles. The molecule has 0 spiro atoms. The Labute approximate surface area is 403 Å². The number of rotatable bonds is 2. The Morgan fingerprint density at radius 3 is 1.45 bits per heavy atom. The minimum atomic E-state index is -0.338. The third kappa shape index (κ3) is 7.53. The Morgan fingerprint density at radius 1 is 0.439 bits per heavy atom. The van der Waals surface area contributed by atoms with Crippen LogP contribution in [0.1, 0.15) is 27.7 Å². The Balaban J connectivity index is 0.000000114. The SMILES string of the molecule is CC1(C)OB(c2cc3ccccc3c3ccccc23)OC1(C)C.Clc1nc(-c2cc3ccccc3c3ccccc23)c2sc3ccccc3c2n1.Clc1nc(Cl)c2sc3ccccc3c2n1. The summed E-state index contributed by atoms with van der Waals surface area (Å²) in [5.41, 5.74) is 4.20. The quantitative estimate of drug-likeness (QED) is 0.0744. The van der Waals surface area contributed by atoms with Gasteiger partial charge in [0.15, 0.2) is 5.15 Å². The fraction of sp³-hybridized carbons (Fsp3) is 0.111. The number of hydrogen-bond acceptors (Lipinski definition) is 8. The van der Waals surface area contributed by atoms with Gasteiger partial charge in [-0.25, -0.2) is 19.9 Å². The van der Waals surface area contributed by atoms with Crippen LogP contribution in [0.2, 0.25) is 15.7 Å². The maximum atomic E-state index is 6.38. The van der Waals surface area contributed by atoms with Gasteiger partial charge in [-0.3, -0.25) is 0 Å². The smallest absolute Gasteiger partial charge is 0.399 e. The van der Waals surface area contributed by atoms with Crippen LogP contribution in [0.25, 0.3) is 95.0 Å². The molecule has 0 atom stereocenters. The highest BCUT2D eigenvalue weighted by atomic mass is 35.5. The molecule has 0 N–H and O–H groups in total. The molecular formula is C54H38BCl3N4O2S2. The average Bonchev–Trinajstić information content (AvgIpc) is 3.96. The molecule has 0 aliphatic carbocycles. The molecular weight excluding hydrogens is 918 g/mol. The van der Waals surface area contributed by atoms with Crippen molar-refractivity contribution in [2.24, 2.45) is 0 Å². The van der Waals surface area contributed by atoms with Crippen molar-refractivity contribution in [2.45, 2.75) is 38.9 Å². The maximum Gasteiger partial charge on any atom is 0.495 e. The van der Waals surface area contributed by atoms with Crippen molar-refractivity contribution in [1.82, 2.24) is 19.9 Å². The Bertz CT molecular complexity index is 3860. The molecule has 0 radical (unpaired) electrons. The van der Waals surface area contributed by atoms with E-state index in [0.717, 1.165) is 52.6 Å². The molecule has 12 heteroatoms. The average molecular weight is 956 g/mol. The highest BCUT2D eigenvalue weighted by Crippen LogP contribution is 2.43. The molecule has 6 nitrogen and oxygen atoms in total. The standard InChI is InChI=1S/C24H13ClN2S.C20H21BO2.C10H4Cl2N2S/c25-24-26-21-18-11-5-6-12-20(18)28-23(21)22(27-24)19-13-14-7-1-2-8-15(14)16-9-3-4-10-17(16)19;1-19(2)20(3,4)23-21(22-19)18-13-14-9-5-6-10-15(14)16-11-7-8-12-17(16)18;11-9-8-7(13-10(12)14-9)5-3-1-2-4-6(5)15-8/h1-13H;5-13H,1-4H3;1-4H. The Hall–Kier alpha value is -5.75. The van der Waals surface area contributed by atoms with E-state index in [-0.39, 0.29) is 28.9 Å². The summed E-state index contributed by atoms with van der Waals surface area (Å²) in [4.78, 5) is 17.4. The molecule has 322 valence electrons. The minimum Gasteiger partial charge on any atom is -0.399 e. The first-order valence-electron chi connectivity index (χ1n) is 21.5. The predicted octanol–water partition coefficient (Wildman–Crippen LogP) is 15.9. The number of aromatic nitrogens is 4. The van der Waals surface area contributed by atoms with Crippen LogP contribution in [0.5, 0.6) is 0 Å². The molecule has 12 aromatic rings. The van der Waals surface area contributed by atoms with E-state index in [1.54, 1.807) is 22.7 Å². The zero-order valence-corrected chi connectivity index (χ0v) is 40.0. The lowest BCUT2D eigenvalue weighted by Crippen LogP contribution is -2.41. The van der Waals surface area contributed by atoms with E-state index in [4.69, 9.17) is 44.1 Å². The molecule has 0 bridgehead atoms. The van der Waals surface area contributed by atoms with E-state index in [9.17, 15) is 0 Å². The van der Waals surface area contributed by atoms with Crippen LogP contribution in [0, 0.1) is 0 Å². The van der Waals surface area contributed by atoms with Gasteiger partial charge in [0.25, 0.3) is 0 Å². The van der Waals surface area contributed by atoms with E-state index in [1.807, 2.05) is 30.3 Å². The molecule has 0 amide bonds. The van der Waals surface area contributed by atoms with Crippen molar-refractivity contribution in [3.63, 3.8) is 0 Å². The van der Waals surface area contributed by atoms with Crippen LogP contribution in [-0.4, -0.2) is 38.3 Å². The number of hydrogen-bond donors (Lipinski definition) is 0. The number of benzene rings is 8. The zero-order chi connectivity index (χ0) is 45.3. The Kier molecular flexibility index (Phi) is 10.9. The molecule has 8 aromatic carbocycles. The van der Waals surface area contributed by atoms with Gasteiger partial charge in [0.1, 0.15) is 0 Å². The first-order chi connectivity index (χ1) is 31.9. The van der Waals surface area contributed by atoms with Crippen LogP contribution >= 0.6 is 57.5 Å². The molecule has 0 unspecified atom stereocenters. The van der Waals surface area contributed by atoms with Crippen LogP contribution in [0.15, 0.2) is 158 Å². The van der Waals surface area contributed by atoms with Gasteiger partial charge in [-0.2, -0.15) is 0 Å². The number of nitrogens with zero attached hydrogens (tertiary/aromatic N) is 4. The van der Waals surface area contributed by atoms with Crippen LogP contribution in [0.4, 0.5) is 0 Å². The normalized spacial score (nSPS) is 14.4. The van der Waals surface area contributed by atoms with Crippen molar-refractivity contribution < 1.29 is 9.31 Å². The summed E-state index contributed by atoms with van der Waals surface area (Å²) < 4.78 is 16.9. The highest BCUT2D eigenvalue weighted by molar-refractivity contribution is 7.26. The van der Waals surface area contributed by atoms with E-state index in [1.165, 1.54) is 47.8 Å². The largest absolute Gasteiger partial charge is 0.495 e. The minimum absolute atomic E-state index is 0.191. The topological polar surface area (TPSA) is 70.0 Å². The van der Waals surface area contributed by atoms with Crippen LogP contribution < -0.4 is 5.46 Å². The van der Waals surface area contributed by atoms with Crippen molar-refractivity contribution in [3.8, 4) is 11.3 Å². The lowest BCUT2D eigenvalue weighted by molar-refractivity contribution is 0.00578. The second-order valence-corrected chi connectivity index (χ2v) is 20.3. The zero-order valence-electron chi connectivity index (χ0n) is 36.1. The fourth-order valence-corrected chi connectivity index (χ4v) is 11.6. The summed E-state index contributed by atoms with van der Waals surface area (Å²) in [6.07, 6.45) is 0. The van der Waals surface area contributed by atoms with Gasteiger partial charge in [0.2, 0.25) is 10.6 Å². The lowest BCUT2D eigenvalue weighted by Gasteiger charge is -2.32. The van der Waals surface area contributed by atoms with Gasteiger partial charge in [0.05, 0.1) is 37.3 Å². The number of halogens is 3. The molecule has 1 fully saturated rings. The van der Waals surface area contributed by atoms with Crippen molar-refractivity contribution in [1.29, 1.82) is 0 Å². The Morgan fingerprint density at radius 2 is 0.864 bits per heavy atom. The number of thiophene rings is 2. The number of fused-ring (bicyclic) bond motifs is 12. The molecule has 66 heavy (non-hydrogen) atoms. The maximum absolute atomic E-state index is 6.38. The molecule has 13 rings (SSSR count). The van der Waals surface area contributed by atoms with Gasteiger partial charge in [-0.15, -0.1) is 22.7 Å². The van der Waals surface area contributed by atoms with Gasteiger partial charge >= 0.3 is 7.12 Å². The summed E-state index contributed by atoms with van der Waals surface area (Å²) in [7, 11) is -0.338. The third-order valence-corrected chi connectivity index (χ3v) is 15.7. The van der Waals surface area contributed by atoms with Gasteiger partial charge < -0.3 is 9.31 Å². The van der Waals surface area contributed by atoms with E-state index < -0.39 is 0 Å². The fourth-order valence-electron chi connectivity index (χ4n) is 8.78. The second kappa shape index (κ2) is 16.8. The summed E-state index contributed by atoms with van der Waals surface area (Å²) in [6.45, 7) is 8.37. The first kappa shape index (κ1) is 42.9. The summed E-state index contributed by atoms with van der Waals surface area (Å²) in [5.74, 6) is 0. The highest BCUT2D eigenvalue weighted by Gasteiger charge is 2.52. The van der Waals surface area contributed by atoms with Crippen LogP contribution in [-0.2, 0) is 9.31 Å². The molecule has 4 aromatic heterocycles. The van der Waals surface area contributed by atoms with E-state index in [0.29, 0.717) is 5.15 Å². The summed E-state index contributed by atoms with van der Waals surface area (Å²) in [5, 5.41) is 12.9. The van der Waals surface area contributed by atoms with Crippen molar-refractivity contribution >= 4 is 154 Å². The van der Waals surface area contributed by atoms with Crippen LogP contribution in [0.3, 0.4) is 0 Å². The first-order valence-corrected chi connectivity index (χ1v) is 24.2. The second-order valence-electron chi connectivity index (χ2n) is 17.2. The van der Waals surface area contributed by atoms with Crippen molar-refractivity contribution in [2.75, 3.05) is 0 Å². The van der Waals surface area contributed by atoms with E-state index in [2.05, 4.69) is 175 Å².